The quantitative estimate of drug-likeness (QED) is 0.511. The molecule has 0 atom stereocenters. The van der Waals surface area contributed by atoms with Crippen molar-refractivity contribution < 1.29 is 23.5 Å². The van der Waals surface area contributed by atoms with Crippen LogP contribution in [0.4, 0.5) is 0 Å². The van der Waals surface area contributed by atoms with Gasteiger partial charge in [0.15, 0.2) is 5.69 Å². The largest absolute Gasteiger partial charge is 0.464 e. The molecule has 7 nitrogen and oxygen atoms in total. The highest BCUT2D eigenvalue weighted by atomic mass is 16.5. The Hall–Kier alpha value is -1.89. The zero-order valence-corrected chi connectivity index (χ0v) is 13.6. The first-order chi connectivity index (χ1) is 10.5. The van der Waals surface area contributed by atoms with E-state index in [0.717, 1.165) is 6.42 Å². The summed E-state index contributed by atoms with van der Waals surface area (Å²) in [5, 5.41) is 0. The summed E-state index contributed by atoms with van der Waals surface area (Å²) in [5.41, 5.74) is 0.101. The highest BCUT2D eigenvalue weighted by molar-refractivity contribution is 5.86. The number of oxazole rings is 1. The first kappa shape index (κ1) is 18.2. The number of amides is 1. The second-order valence-corrected chi connectivity index (χ2v) is 5.08. The topological polar surface area (TPSA) is 81.9 Å². The molecule has 1 rings (SSSR count). The van der Waals surface area contributed by atoms with E-state index in [4.69, 9.17) is 9.15 Å². The minimum absolute atomic E-state index is 0.00863. The molecule has 1 amide bonds. The van der Waals surface area contributed by atoms with Crippen LogP contribution in [0.3, 0.4) is 0 Å². The van der Waals surface area contributed by atoms with Crippen molar-refractivity contribution in [1.82, 2.24) is 9.88 Å². The Balaban J connectivity index is 2.68. The van der Waals surface area contributed by atoms with Gasteiger partial charge in [0.25, 0.3) is 0 Å². The Labute approximate surface area is 130 Å². The molecular formula is C15H24N2O5. The summed E-state index contributed by atoms with van der Waals surface area (Å²) in [4.78, 5) is 29.3. The predicted molar refractivity (Wildman–Crippen MR) is 79.2 cm³/mol. The number of nitrogens with zero attached hydrogens (tertiary/aromatic N) is 2. The molecule has 0 radical (unpaired) electrons. The lowest BCUT2D eigenvalue weighted by atomic mass is 10.2. The van der Waals surface area contributed by atoms with Gasteiger partial charge in [0.2, 0.25) is 11.8 Å². The van der Waals surface area contributed by atoms with E-state index in [9.17, 15) is 9.59 Å². The zero-order chi connectivity index (χ0) is 16.5. The van der Waals surface area contributed by atoms with E-state index in [0.29, 0.717) is 25.6 Å². The van der Waals surface area contributed by atoms with Crippen molar-refractivity contribution in [3.05, 3.63) is 17.8 Å². The van der Waals surface area contributed by atoms with E-state index in [-0.39, 0.29) is 24.1 Å². The van der Waals surface area contributed by atoms with Crippen molar-refractivity contribution in [2.45, 2.75) is 33.7 Å². The molecule has 0 N–H and O–H groups in total. The third-order valence-corrected chi connectivity index (χ3v) is 3.00. The average molecular weight is 312 g/mol. The first-order valence-corrected chi connectivity index (χ1v) is 7.38. The summed E-state index contributed by atoms with van der Waals surface area (Å²) in [6.07, 6.45) is 1.97. The maximum Gasteiger partial charge on any atom is 0.360 e. The molecule has 22 heavy (non-hydrogen) atoms. The Morgan fingerprint density at radius 2 is 2.14 bits per heavy atom. The van der Waals surface area contributed by atoms with Crippen molar-refractivity contribution in [3.8, 4) is 0 Å². The van der Waals surface area contributed by atoms with Gasteiger partial charge in [-0.1, -0.05) is 13.8 Å². The first-order valence-electron chi connectivity index (χ1n) is 7.38. The van der Waals surface area contributed by atoms with Crippen LogP contribution < -0.4 is 0 Å². The van der Waals surface area contributed by atoms with Gasteiger partial charge in [-0.25, -0.2) is 9.78 Å². The lowest BCUT2D eigenvalue weighted by molar-refractivity contribution is -0.135. The van der Waals surface area contributed by atoms with Gasteiger partial charge >= 0.3 is 5.97 Å². The average Bonchev–Trinajstić information content (AvgIpc) is 2.97. The molecule has 0 saturated carbocycles. The van der Waals surface area contributed by atoms with Gasteiger partial charge in [-0.3, -0.25) is 4.79 Å². The molecule has 0 aromatic carbocycles. The lowest BCUT2D eigenvalue weighted by Gasteiger charge is -2.23. The van der Waals surface area contributed by atoms with Gasteiger partial charge < -0.3 is 18.8 Å². The smallest absolute Gasteiger partial charge is 0.360 e. The standard InChI is InChI=1S/C15H24N2O5/c1-5-21-8-6-7-17(14(18)11(2)3)9-13-16-12(10-22-13)15(19)20-4/h10-11H,5-9H2,1-4H3. The molecule has 1 aromatic rings. The van der Waals surface area contributed by atoms with Crippen molar-refractivity contribution in [2.75, 3.05) is 26.9 Å². The number of carbonyl (C=O) groups is 2. The third-order valence-electron chi connectivity index (χ3n) is 3.00. The van der Waals surface area contributed by atoms with Gasteiger partial charge in [-0.05, 0) is 13.3 Å². The van der Waals surface area contributed by atoms with Gasteiger partial charge in [-0.2, -0.15) is 0 Å². The van der Waals surface area contributed by atoms with Crippen LogP contribution in [0.25, 0.3) is 0 Å². The molecule has 0 spiro atoms. The van der Waals surface area contributed by atoms with Crippen LogP contribution in [-0.2, 0) is 20.8 Å². The summed E-state index contributed by atoms with van der Waals surface area (Å²) in [6.45, 7) is 7.63. The highest BCUT2D eigenvalue weighted by Gasteiger charge is 2.20. The lowest BCUT2D eigenvalue weighted by Crippen LogP contribution is -2.35. The zero-order valence-electron chi connectivity index (χ0n) is 13.6. The van der Waals surface area contributed by atoms with Crippen LogP contribution in [0, 0.1) is 5.92 Å². The van der Waals surface area contributed by atoms with Crippen LogP contribution >= 0.6 is 0 Å². The minimum Gasteiger partial charge on any atom is -0.464 e. The van der Waals surface area contributed by atoms with Crippen molar-refractivity contribution in [3.63, 3.8) is 0 Å². The molecule has 0 saturated heterocycles. The number of hydrogen-bond acceptors (Lipinski definition) is 6. The maximum absolute atomic E-state index is 12.2. The number of rotatable bonds is 9. The molecule has 124 valence electrons. The van der Waals surface area contributed by atoms with E-state index < -0.39 is 5.97 Å². The summed E-state index contributed by atoms with van der Waals surface area (Å²) in [6, 6.07) is 0. The molecule has 0 aliphatic rings. The maximum atomic E-state index is 12.2. The molecule has 0 fully saturated rings. The molecule has 0 unspecified atom stereocenters. The molecule has 1 aromatic heterocycles. The minimum atomic E-state index is -0.562. The van der Waals surface area contributed by atoms with Gasteiger partial charge in [-0.15, -0.1) is 0 Å². The molecule has 0 aliphatic heterocycles. The van der Waals surface area contributed by atoms with Gasteiger partial charge in [0.1, 0.15) is 6.26 Å². The summed E-state index contributed by atoms with van der Waals surface area (Å²) >= 11 is 0. The Bertz CT molecular complexity index is 484. The second kappa shape index (κ2) is 9.19. The Morgan fingerprint density at radius 1 is 1.41 bits per heavy atom. The summed E-state index contributed by atoms with van der Waals surface area (Å²) < 4.78 is 15.1. The fourth-order valence-corrected chi connectivity index (χ4v) is 1.88. The second-order valence-electron chi connectivity index (χ2n) is 5.08. The van der Waals surface area contributed by atoms with Gasteiger partial charge in [0, 0.05) is 25.7 Å². The van der Waals surface area contributed by atoms with E-state index in [1.807, 2.05) is 20.8 Å². The van der Waals surface area contributed by atoms with Crippen LogP contribution in [0.15, 0.2) is 10.7 Å². The molecule has 0 aliphatic carbocycles. The van der Waals surface area contributed by atoms with Crippen LogP contribution in [0.1, 0.15) is 43.6 Å². The molecular weight excluding hydrogens is 288 g/mol. The number of carbonyl (C=O) groups excluding carboxylic acids is 2. The Kier molecular flexibility index (Phi) is 7.59. The fraction of sp³-hybridized carbons (Fsp3) is 0.667. The van der Waals surface area contributed by atoms with Crippen molar-refractivity contribution >= 4 is 11.9 Å². The van der Waals surface area contributed by atoms with Crippen LogP contribution in [0.2, 0.25) is 0 Å². The van der Waals surface area contributed by atoms with Crippen LogP contribution in [0.5, 0.6) is 0 Å². The summed E-state index contributed by atoms with van der Waals surface area (Å²) in [5.74, 6) is -0.365. The number of ether oxygens (including phenoxy) is 2. The highest BCUT2D eigenvalue weighted by Crippen LogP contribution is 2.11. The molecule has 0 bridgehead atoms. The third kappa shape index (κ3) is 5.48. The number of esters is 1. The van der Waals surface area contributed by atoms with Crippen molar-refractivity contribution in [2.24, 2.45) is 5.92 Å². The van der Waals surface area contributed by atoms with E-state index in [1.54, 1.807) is 4.90 Å². The van der Waals surface area contributed by atoms with E-state index >= 15 is 0 Å². The SMILES string of the molecule is CCOCCCN(Cc1nc(C(=O)OC)co1)C(=O)C(C)C. The molecule has 1 heterocycles. The fourth-order valence-electron chi connectivity index (χ4n) is 1.88. The number of aromatic nitrogens is 1. The monoisotopic (exact) mass is 312 g/mol. The van der Waals surface area contributed by atoms with Gasteiger partial charge in [0.05, 0.1) is 13.7 Å². The summed E-state index contributed by atoms with van der Waals surface area (Å²) in [7, 11) is 1.28. The number of methoxy groups -OCH3 is 1. The Morgan fingerprint density at radius 3 is 2.73 bits per heavy atom. The predicted octanol–water partition coefficient (Wildman–Crippen LogP) is 1.87. The molecule has 7 heteroatoms. The van der Waals surface area contributed by atoms with E-state index in [1.165, 1.54) is 13.4 Å². The van der Waals surface area contributed by atoms with E-state index in [2.05, 4.69) is 9.72 Å². The normalized spacial score (nSPS) is 10.8. The number of hydrogen-bond donors (Lipinski definition) is 0. The van der Waals surface area contributed by atoms with Crippen molar-refractivity contribution in [1.29, 1.82) is 0 Å². The van der Waals surface area contributed by atoms with Crippen LogP contribution in [-0.4, -0.2) is 48.6 Å².